The van der Waals surface area contributed by atoms with Gasteiger partial charge in [0.05, 0.1) is 24.8 Å². The molecule has 2 amide bonds. The van der Waals surface area contributed by atoms with Gasteiger partial charge in [-0.05, 0) is 42.3 Å². The fourth-order valence-corrected chi connectivity index (χ4v) is 4.46. The minimum Gasteiger partial charge on any atom is -0.497 e. The van der Waals surface area contributed by atoms with Crippen LogP contribution in [0.4, 0.5) is 11.4 Å². The van der Waals surface area contributed by atoms with Gasteiger partial charge in [0, 0.05) is 38.2 Å². The van der Waals surface area contributed by atoms with Crippen LogP contribution in [0.15, 0.2) is 41.3 Å². The molecule has 0 saturated carbocycles. The van der Waals surface area contributed by atoms with Crippen LogP contribution in [-0.2, 0) is 26.0 Å². The van der Waals surface area contributed by atoms with Crippen molar-refractivity contribution < 1.29 is 27.5 Å². The summed E-state index contributed by atoms with van der Waals surface area (Å²) in [4.78, 5) is 25.6. The normalized spacial score (nSPS) is 12.9. The van der Waals surface area contributed by atoms with Gasteiger partial charge >= 0.3 is 0 Å². The number of rotatable bonds is 8. The third kappa shape index (κ3) is 5.15. The molecule has 1 aliphatic rings. The molecule has 0 unspecified atom stereocenters. The van der Waals surface area contributed by atoms with Gasteiger partial charge in [0.2, 0.25) is 21.8 Å². The number of anilines is 2. The number of nitrogens with one attached hydrogen (secondary N) is 2. The van der Waals surface area contributed by atoms with Crippen LogP contribution in [0.3, 0.4) is 0 Å². The lowest BCUT2D eigenvalue weighted by atomic mass is 10.2. The monoisotopic (exact) mass is 447 g/mol. The fourth-order valence-electron chi connectivity index (χ4n) is 3.38. The Hall–Kier alpha value is -3.11. The molecule has 0 aromatic heterocycles. The Balaban J connectivity index is 1.60. The minimum atomic E-state index is -3.79. The molecule has 31 heavy (non-hydrogen) atoms. The van der Waals surface area contributed by atoms with E-state index in [1.165, 1.54) is 27.2 Å². The summed E-state index contributed by atoms with van der Waals surface area (Å²) < 4.78 is 38.0. The van der Waals surface area contributed by atoms with Crippen LogP contribution < -0.4 is 24.4 Å². The summed E-state index contributed by atoms with van der Waals surface area (Å²) in [6.07, 6.45) is 0.533. The summed E-state index contributed by atoms with van der Waals surface area (Å²) in [5, 5.41) is 2.70. The van der Waals surface area contributed by atoms with Gasteiger partial charge in [0.1, 0.15) is 11.5 Å². The van der Waals surface area contributed by atoms with Crippen molar-refractivity contribution in [2.45, 2.75) is 24.7 Å². The molecule has 0 bridgehead atoms. The van der Waals surface area contributed by atoms with Crippen molar-refractivity contribution in [3.05, 3.63) is 42.0 Å². The number of nitrogens with zero attached hydrogens (tertiary/aromatic N) is 1. The first-order valence-electron chi connectivity index (χ1n) is 9.67. The van der Waals surface area contributed by atoms with Gasteiger partial charge in [0.15, 0.2) is 0 Å². The second-order valence-corrected chi connectivity index (χ2v) is 8.74. The molecule has 10 heteroatoms. The van der Waals surface area contributed by atoms with E-state index in [4.69, 9.17) is 9.47 Å². The zero-order valence-electron chi connectivity index (χ0n) is 17.6. The third-order valence-corrected chi connectivity index (χ3v) is 6.42. The molecular weight excluding hydrogens is 422 g/mol. The molecule has 0 saturated heterocycles. The second kappa shape index (κ2) is 9.36. The first-order valence-corrected chi connectivity index (χ1v) is 11.2. The van der Waals surface area contributed by atoms with Gasteiger partial charge in [-0.2, -0.15) is 0 Å². The van der Waals surface area contributed by atoms with Crippen LogP contribution in [0, 0.1) is 0 Å². The molecule has 2 aromatic carbocycles. The number of benzene rings is 2. The average molecular weight is 448 g/mol. The molecule has 1 aliphatic heterocycles. The molecule has 9 nitrogen and oxygen atoms in total. The number of hydrogen-bond donors (Lipinski definition) is 2. The number of fused-ring (bicyclic) bond motifs is 1. The summed E-state index contributed by atoms with van der Waals surface area (Å²) in [6, 6.07) is 9.66. The Morgan fingerprint density at radius 3 is 2.55 bits per heavy atom. The highest BCUT2D eigenvalue weighted by Gasteiger charge is 2.24. The van der Waals surface area contributed by atoms with Gasteiger partial charge in [-0.25, -0.2) is 13.1 Å². The van der Waals surface area contributed by atoms with Crippen molar-refractivity contribution in [3.63, 3.8) is 0 Å². The van der Waals surface area contributed by atoms with Crippen LogP contribution in [0.2, 0.25) is 0 Å². The first-order chi connectivity index (χ1) is 14.7. The van der Waals surface area contributed by atoms with E-state index in [1.807, 2.05) is 0 Å². The van der Waals surface area contributed by atoms with E-state index >= 15 is 0 Å². The van der Waals surface area contributed by atoms with E-state index in [0.29, 0.717) is 30.2 Å². The van der Waals surface area contributed by atoms with Crippen LogP contribution in [0.1, 0.15) is 18.9 Å². The number of amides is 2. The Labute approximate surface area is 181 Å². The van der Waals surface area contributed by atoms with E-state index in [2.05, 4.69) is 10.0 Å². The number of methoxy groups -OCH3 is 2. The second-order valence-electron chi connectivity index (χ2n) is 6.97. The maximum atomic E-state index is 12.6. The number of carbonyl (C=O) groups excluding carboxylic acids is 2. The minimum absolute atomic E-state index is 0.0668. The van der Waals surface area contributed by atoms with Gasteiger partial charge in [0.25, 0.3) is 0 Å². The largest absolute Gasteiger partial charge is 0.497 e. The predicted molar refractivity (Wildman–Crippen MR) is 116 cm³/mol. The van der Waals surface area contributed by atoms with Crippen molar-refractivity contribution in [1.82, 2.24) is 4.72 Å². The average Bonchev–Trinajstić information content (AvgIpc) is 3.17. The summed E-state index contributed by atoms with van der Waals surface area (Å²) in [6.45, 7) is 1.94. The maximum Gasteiger partial charge on any atom is 0.240 e. The lowest BCUT2D eigenvalue weighted by Gasteiger charge is -2.15. The van der Waals surface area contributed by atoms with Crippen molar-refractivity contribution in [2.75, 3.05) is 37.5 Å². The van der Waals surface area contributed by atoms with E-state index < -0.39 is 10.0 Å². The maximum absolute atomic E-state index is 12.6. The predicted octanol–water partition coefficient (Wildman–Crippen LogP) is 1.92. The van der Waals surface area contributed by atoms with Crippen molar-refractivity contribution in [2.24, 2.45) is 0 Å². The zero-order chi connectivity index (χ0) is 22.6. The molecule has 0 radical (unpaired) electrons. The summed E-state index contributed by atoms with van der Waals surface area (Å²) in [5.41, 5.74) is 1.97. The molecular formula is C21H25N3O6S. The Bertz CT molecular complexity index is 1100. The fraction of sp³-hybridized carbons (Fsp3) is 0.333. The molecule has 0 fully saturated rings. The van der Waals surface area contributed by atoms with E-state index in [1.54, 1.807) is 35.2 Å². The Morgan fingerprint density at radius 1 is 1.10 bits per heavy atom. The number of ether oxygens (including phenoxy) is 2. The quantitative estimate of drug-likeness (QED) is 0.639. The topological polar surface area (TPSA) is 114 Å². The van der Waals surface area contributed by atoms with E-state index in [0.717, 1.165) is 11.3 Å². The number of carbonyl (C=O) groups is 2. The molecule has 3 rings (SSSR count). The lowest BCUT2D eigenvalue weighted by molar-refractivity contribution is -0.117. The summed E-state index contributed by atoms with van der Waals surface area (Å²) >= 11 is 0. The van der Waals surface area contributed by atoms with Crippen LogP contribution in [0.25, 0.3) is 0 Å². The zero-order valence-corrected chi connectivity index (χ0v) is 18.4. The highest BCUT2D eigenvalue weighted by Crippen LogP contribution is 2.30. The molecule has 0 atom stereocenters. The highest BCUT2D eigenvalue weighted by molar-refractivity contribution is 7.89. The molecule has 2 aromatic rings. The number of sulfonamides is 1. The molecule has 0 spiro atoms. The van der Waals surface area contributed by atoms with Crippen LogP contribution in [-0.4, -0.2) is 47.5 Å². The van der Waals surface area contributed by atoms with Crippen molar-refractivity contribution >= 4 is 33.2 Å². The SMILES string of the molecule is COc1ccc(OC)c(NC(=O)CCNS(=O)(=O)c2ccc3c(c2)CCN3C(C)=O)c1. The highest BCUT2D eigenvalue weighted by atomic mass is 32.2. The molecule has 2 N–H and O–H groups in total. The number of hydrogen-bond acceptors (Lipinski definition) is 6. The molecule has 1 heterocycles. The van der Waals surface area contributed by atoms with Gasteiger partial charge in [-0.1, -0.05) is 0 Å². The third-order valence-electron chi connectivity index (χ3n) is 4.96. The van der Waals surface area contributed by atoms with Gasteiger partial charge in [-0.3, -0.25) is 9.59 Å². The Morgan fingerprint density at radius 2 is 1.87 bits per heavy atom. The lowest BCUT2D eigenvalue weighted by Crippen LogP contribution is -2.28. The van der Waals surface area contributed by atoms with Crippen molar-refractivity contribution in [1.29, 1.82) is 0 Å². The van der Waals surface area contributed by atoms with Gasteiger partial charge in [-0.15, -0.1) is 0 Å². The van der Waals surface area contributed by atoms with E-state index in [9.17, 15) is 18.0 Å². The standard InChI is InChI=1S/C21H25N3O6S/c1-14(25)24-11-9-15-12-17(5-6-19(15)24)31(27,28)22-10-8-21(26)23-18-13-16(29-2)4-7-20(18)30-3/h4-7,12-13,22H,8-11H2,1-3H3,(H,23,26). The Kier molecular flexibility index (Phi) is 6.81. The van der Waals surface area contributed by atoms with Crippen LogP contribution >= 0.6 is 0 Å². The first kappa shape index (κ1) is 22.6. The van der Waals surface area contributed by atoms with Gasteiger partial charge < -0.3 is 19.7 Å². The smallest absolute Gasteiger partial charge is 0.240 e. The van der Waals surface area contributed by atoms with E-state index in [-0.39, 0.29) is 29.7 Å². The molecule has 0 aliphatic carbocycles. The summed E-state index contributed by atoms with van der Waals surface area (Å²) in [5.74, 6) is 0.565. The summed E-state index contributed by atoms with van der Waals surface area (Å²) in [7, 11) is -0.793. The molecule has 166 valence electrons. The van der Waals surface area contributed by atoms with Crippen LogP contribution in [0.5, 0.6) is 11.5 Å². The van der Waals surface area contributed by atoms with Crippen molar-refractivity contribution in [3.8, 4) is 11.5 Å².